The van der Waals surface area contributed by atoms with E-state index < -0.39 is 17.9 Å². The maximum atomic E-state index is 12.9. The molecule has 3 N–H and O–H groups in total. The van der Waals surface area contributed by atoms with Crippen molar-refractivity contribution >= 4 is 23.6 Å². The number of aromatic nitrogens is 2. The van der Waals surface area contributed by atoms with Crippen molar-refractivity contribution in [2.45, 2.75) is 32.1 Å². The second-order valence-corrected chi connectivity index (χ2v) is 6.49. The van der Waals surface area contributed by atoms with Crippen LogP contribution < -0.4 is 16.2 Å². The molecule has 0 saturated heterocycles. The van der Waals surface area contributed by atoms with Crippen LogP contribution in [0, 0.1) is 5.41 Å². The quantitative estimate of drug-likeness (QED) is 0.501. The number of carbonyl (C=O) groups is 1. The molecule has 0 saturated carbocycles. The first kappa shape index (κ1) is 18.3. The second-order valence-electron chi connectivity index (χ2n) is 5.72. The van der Waals surface area contributed by atoms with Crippen LogP contribution in [0.5, 0.6) is 0 Å². The highest BCUT2D eigenvalue weighted by atomic mass is 32.2. The minimum atomic E-state index is -4.61. The molecular weight excluding hydrogens is 319 g/mol. The maximum Gasteiger partial charge on any atom is 0.433 e. The zero-order valence-electron chi connectivity index (χ0n) is 12.7. The molecule has 1 aromatic heterocycles. The van der Waals surface area contributed by atoms with Gasteiger partial charge in [0.15, 0.2) is 16.7 Å². The Kier molecular flexibility index (Phi) is 5.49. The molecule has 0 unspecified atom stereocenters. The SMILES string of the molecule is CSc1nc(N(CC(C)(C)C)NC(N)=O)cc(C(F)(F)F)n1. The van der Waals surface area contributed by atoms with Crippen LogP contribution in [-0.2, 0) is 6.18 Å². The van der Waals surface area contributed by atoms with E-state index in [0.717, 1.165) is 17.8 Å². The van der Waals surface area contributed by atoms with E-state index in [0.29, 0.717) is 0 Å². The first-order valence-corrected chi connectivity index (χ1v) is 7.49. The number of amides is 2. The van der Waals surface area contributed by atoms with Crippen LogP contribution in [0.3, 0.4) is 0 Å². The van der Waals surface area contributed by atoms with Crippen molar-refractivity contribution in [1.29, 1.82) is 0 Å². The molecule has 0 radical (unpaired) electrons. The Balaban J connectivity index is 3.30. The highest BCUT2D eigenvalue weighted by Crippen LogP contribution is 2.31. The number of halogens is 3. The van der Waals surface area contributed by atoms with Crippen molar-refractivity contribution in [3.63, 3.8) is 0 Å². The molecule has 1 aromatic rings. The molecule has 0 bridgehead atoms. The van der Waals surface area contributed by atoms with Crippen LogP contribution in [0.1, 0.15) is 26.5 Å². The zero-order valence-corrected chi connectivity index (χ0v) is 13.5. The Morgan fingerprint density at radius 3 is 2.36 bits per heavy atom. The molecule has 0 aliphatic heterocycles. The predicted molar refractivity (Wildman–Crippen MR) is 78.3 cm³/mol. The molecule has 0 atom stereocenters. The summed E-state index contributed by atoms with van der Waals surface area (Å²) in [5.74, 6) is -0.0691. The highest BCUT2D eigenvalue weighted by Gasteiger charge is 2.34. The minimum Gasteiger partial charge on any atom is -0.350 e. The fraction of sp³-hybridized carbons (Fsp3) is 0.583. The van der Waals surface area contributed by atoms with E-state index in [4.69, 9.17) is 5.73 Å². The van der Waals surface area contributed by atoms with Crippen LogP contribution in [0.4, 0.5) is 23.8 Å². The summed E-state index contributed by atoms with van der Waals surface area (Å²) in [4.78, 5) is 18.6. The van der Waals surface area contributed by atoms with Crippen molar-refractivity contribution in [3.8, 4) is 0 Å². The topological polar surface area (TPSA) is 84.1 Å². The molecule has 0 aliphatic rings. The summed E-state index contributed by atoms with van der Waals surface area (Å²) in [5.41, 5.74) is 5.98. The molecule has 124 valence electrons. The first-order valence-electron chi connectivity index (χ1n) is 6.26. The van der Waals surface area contributed by atoms with E-state index in [1.54, 1.807) is 6.26 Å². The van der Waals surface area contributed by atoms with Crippen molar-refractivity contribution < 1.29 is 18.0 Å². The van der Waals surface area contributed by atoms with Gasteiger partial charge in [0, 0.05) is 12.6 Å². The van der Waals surface area contributed by atoms with Gasteiger partial charge in [-0.3, -0.25) is 5.01 Å². The van der Waals surface area contributed by atoms with Crippen LogP contribution in [0.15, 0.2) is 11.2 Å². The first-order chi connectivity index (χ1) is 9.92. The second kappa shape index (κ2) is 6.59. The molecule has 0 aromatic carbocycles. The Bertz CT molecular complexity index is 545. The average Bonchev–Trinajstić information content (AvgIpc) is 2.34. The lowest BCUT2D eigenvalue weighted by atomic mass is 9.97. The Hall–Kier alpha value is -1.71. The third-order valence-corrected chi connectivity index (χ3v) is 2.87. The summed E-state index contributed by atoms with van der Waals surface area (Å²) < 4.78 is 38.8. The number of nitrogens with two attached hydrogens (primary N) is 1. The predicted octanol–water partition coefficient (Wildman–Crippen LogP) is 2.65. The van der Waals surface area contributed by atoms with Gasteiger partial charge >= 0.3 is 12.2 Å². The molecule has 0 fully saturated rings. The normalized spacial score (nSPS) is 12.1. The number of carbonyl (C=O) groups excluding carboxylic acids is 1. The molecule has 1 heterocycles. The average molecular weight is 337 g/mol. The van der Waals surface area contributed by atoms with Crippen LogP contribution >= 0.6 is 11.8 Å². The van der Waals surface area contributed by atoms with Gasteiger partial charge in [-0.15, -0.1) is 0 Å². The van der Waals surface area contributed by atoms with Gasteiger partial charge in [0.25, 0.3) is 0 Å². The Labute approximate surface area is 130 Å². The molecule has 2 amide bonds. The summed E-state index contributed by atoms with van der Waals surface area (Å²) >= 11 is 0.975. The van der Waals surface area contributed by atoms with Gasteiger partial charge in [0.2, 0.25) is 0 Å². The van der Waals surface area contributed by atoms with Gasteiger partial charge in [-0.1, -0.05) is 32.5 Å². The zero-order chi connectivity index (χ0) is 17.1. The van der Waals surface area contributed by atoms with E-state index in [2.05, 4.69) is 15.4 Å². The fourth-order valence-electron chi connectivity index (χ4n) is 1.57. The largest absolute Gasteiger partial charge is 0.433 e. The number of alkyl halides is 3. The van der Waals surface area contributed by atoms with Crippen molar-refractivity contribution in [2.24, 2.45) is 11.1 Å². The van der Waals surface area contributed by atoms with Crippen LogP contribution in [0.2, 0.25) is 0 Å². The number of hydrogen-bond donors (Lipinski definition) is 2. The minimum absolute atomic E-state index is 0.0463. The number of primary amides is 1. The molecule has 1 rings (SSSR count). The summed E-state index contributed by atoms with van der Waals surface area (Å²) in [6, 6.07) is -0.108. The Morgan fingerprint density at radius 2 is 1.95 bits per heavy atom. The van der Waals surface area contributed by atoms with Gasteiger partial charge in [0.1, 0.15) is 0 Å². The number of thioether (sulfide) groups is 1. The Morgan fingerprint density at radius 1 is 1.36 bits per heavy atom. The van der Waals surface area contributed by atoms with Gasteiger partial charge in [-0.05, 0) is 11.7 Å². The lowest BCUT2D eigenvalue weighted by Crippen LogP contribution is -2.49. The van der Waals surface area contributed by atoms with E-state index in [1.165, 1.54) is 5.01 Å². The van der Waals surface area contributed by atoms with Gasteiger partial charge < -0.3 is 5.73 Å². The lowest BCUT2D eigenvalue weighted by Gasteiger charge is -2.30. The number of urea groups is 1. The number of hydrazine groups is 1. The van der Waals surface area contributed by atoms with E-state index in [-0.39, 0.29) is 22.9 Å². The van der Waals surface area contributed by atoms with Gasteiger partial charge in [-0.25, -0.2) is 20.2 Å². The summed E-state index contributed by atoms with van der Waals surface area (Å²) in [6.07, 6.45) is -3.04. The smallest absolute Gasteiger partial charge is 0.350 e. The van der Waals surface area contributed by atoms with Crippen molar-refractivity contribution in [2.75, 3.05) is 17.8 Å². The number of nitrogens with one attached hydrogen (secondary N) is 1. The highest BCUT2D eigenvalue weighted by molar-refractivity contribution is 7.98. The molecule has 0 spiro atoms. The van der Waals surface area contributed by atoms with Crippen molar-refractivity contribution in [1.82, 2.24) is 15.4 Å². The lowest BCUT2D eigenvalue weighted by molar-refractivity contribution is -0.141. The van der Waals surface area contributed by atoms with E-state index >= 15 is 0 Å². The monoisotopic (exact) mass is 337 g/mol. The summed E-state index contributed by atoms with van der Waals surface area (Å²) in [7, 11) is 0. The summed E-state index contributed by atoms with van der Waals surface area (Å²) in [6.45, 7) is 5.82. The molecule has 22 heavy (non-hydrogen) atoms. The fourth-order valence-corrected chi connectivity index (χ4v) is 1.95. The van der Waals surface area contributed by atoms with E-state index in [1.807, 2.05) is 20.8 Å². The van der Waals surface area contributed by atoms with Crippen LogP contribution in [0.25, 0.3) is 0 Å². The number of rotatable bonds is 4. The number of anilines is 1. The van der Waals surface area contributed by atoms with Gasteiger partial charge in [0.05, 0.1) is 0 Å². The number of hydrogen-bond acceptors (Lipinski definition) is 5. The standard InChI is InChI=1S/C12H18F3N5OS/c1-11(2,3)6-20(19-9(16)21)8-5-7(12(13,14)15)17-10(18-8)22-4/h5H,6H2,1-4H3,(H3,16,19,21). The maximum absolute atomic E-state index is 12.9. The third kappa shape index (κ3) is 5.58. The van der Waals surface area contributed by atoms with Crippen molar-refractivity contribution in [3.05, 3.63) is 11.8 Å². The summed E-state index contributed by atoms with van der Waals surface area (Å²) in [5, 5.41) is 1.15. The molecule has 0 aliphatic carbocycles. The molecule has 6 nitrogen and oxygen atoms in total. The van der Waals surface area contributed by atoms with Gasteiger partial charge in [-0.2, -0.15) is 13.2 Å². The third-order valence-electron chi connectivity index (χ3n) is 2.32. The molecular formula is C12H18F3N5OS. The van der Waals surface area contributed by atoms with Crippen LogP contribution in [-0.4, -0.2) is 28.8 Å². The number of nitrogens with zero attached hydrogens (tertiary/aromatic N) is 3. The molecule has 10 heteroatoms. The van der Waals surface area contributed by atoms with E-state index in [9.17, 15) is 18.0 Å².